The molecule has 0 radical (unpaired) electrons. The van der Waals surface area contributed by atoms with Crippen molar-refractivity contribution < 1.29 is 18.8 Å². The van der Waals surface area contributed by atoms with Crippen LogP contribution in [0.3, 0.4) is 0 Å². The number of methoxy groups -OCH3 is 2. The van der Waals surface area contributed by atoms with E-state index in [9.17, 15) is 4.79 Å². The van der Waals surface area contributed by atoms with Crippen molar-refractivity contribution in [2.75, 3.05) is 19.5 Å². The largest absolute Gasteiger partial charge is 0.497 e. The van der Waals surface area contributed by atoms with E-state index in [0.29, 0.717) is 17.2 Å². The highest BCUT2D eigenvalue weighted by molar-refractivity contribution is 6.03. The standard InChI is InChI=1S/C12H12N2O4/c1-16-8-3-4-9(11(7-8)17-2)14-12(15)10-5-6-13-18-10/h3-7H,1-2H3,(H,14,15). The molecule has 6 nitrogen and oxygen atoms in total. The first-order chi connectivity index (χ1) is 8.74. The first kappa shape index (κ1) is 12.0. The second-order valence-electron chi connectivity index (χ2n) is 3.40. The lowest BCUT2D eigenvalue weighted by Crippen LogP contribution is -2.11. The van der Waals surface area contributed by atoms with Crippen LogP contribution in [0.4, 0.5) is 5.69 Å². The molecule has 2 aromatic rings. The van der Waals surface area contributed by atoms with E-state index in [1.807, 2.05) is 0 Å². The third-order valence-corrected chi connectivity index (χ3v) is 2.32. The fourth-order valence-corrected chi connectivity index (χ4v) is 1.42. The number of anilines is 1. The van der Waals surface area contributed by atoms with Gasteiger partial charge in [0.15, 0.2) is 0 Å². The Labute approximate surface area is 103 Å². The topological polar surface area (TPSA) is 73.6 Å². The van der Waals surface area contributed by atoms with Crippen molar-refractivity contribution in [1.82, 2.24) is 5.16 Å². The van der Waals surface area contributed by atoms with E-state index in [0.717, 1.165) is 0 Å². The van der Waals surface area contributed by atoms with Gasteiger partial charge in [-0.15, -0.1) is 0 Å². The number of aromatic nitrogens is 1. The monoisotopic (exact) mass is 248 g/mol. The smallest absolute Gasteiger partial charge is 0.294 e. The maximum absolute atomic E-state index is 11.8. The van der Waals surface area contributed by atoms with Crippen molar-refractivity contribution in [3.63, 3.8) is 0 Å². The minimum absolute atomic E-state index is 0.132. The molecule has 0 saturated heterocycles. The van der Waals surface area contributed by atoms with Gasteiger partial charge >= 0.3 is 0 Å². The van der Waals surface area contributed by atoms with Crippen molar-refractivity contribution in [3.05, 3.63) is 36.2 Å². The Hall–Kier alpha value is -2.50. The van der Waals surface area contributed by atoms with Crippen LogP contribution >= 0.6 is 0 Å². The molecule has 18 heavy (non-hydrogen) atoms. The van der Waals surface area contributed by atoms with Gasteiger partial charge in [0, 0.05) is 12.1 Å². The first-order valence-corrected chi connectivity index (χ1v) is 5.18. The summed E-state index contributed by atoms with van der Waals surface area (Å²) in [5.74, 6) is 0.885. The Morgan fingerprint density at radius 1 is 1.28 bits per heavy atom. The molecule has 2 rings (SSSR count). The van der Waals surface area contributed by atoms with Crippen LogP contribution in [0.1, 0.15) is 10.6 Å². The van der Waals surface area contributed by atoms with Crippen molar-refractivity contribution in [2.24, 2.45) is 0 Å². The van der Waals surface area contributed by atoms with Gasteiger partial charge in [0.05, 0.1) is 26.1 Å². The molecular weight excluding hydrogens is 236 g/mol. The van der Waals surface area contributed by atoms with Crippen molar-refractivity contribution >= 4 is 11.6 Å². The van der Waals surface area contributed by atoms with E-state index >= 15 is 0 Å². The predicted octanol–water partition coefficient (Wildman–Crippen LogP) is 1.94. The molecule has 0 spiro atoms. The van der Waals surface area contributed by atoms with Crippen LogP contribution in [0.15, 0.2) is 35.0 Å². The molecule has 0 saturated carbocycles. The third-order valence-electron chi connectivity index (χ3n) is 2.32. The fraction of sp³-hybridized carbons (Fsp3) is 0.167. The summed E-state index contributed by atoms with van der Waals surface area (Å²) >= 11 is 0. The van der Waals surface area contributed by atoms with Crippen molar-refractivity contribution in [3.8, 4) is 11.5 Å². The molecule has 0 atom stereocenters. The molecule has 0 aliphatic rings. The number of carbonyl (C=O) groups is 1. The van der Waals surface area contributed by atoms with Gasteiger partial charge in [-0.25, -0.2) is 0 Å². The SMILES string of the molecule is COc1ccc(NC(=O)c2ccno2)c(OC)c1. The minimum Gasteiger partial charge on any atom is -0.497 e. The van der Waals surface area contributed by atoms with E-state index in [-0.39, 0.29) is 5.76 Å². The zero-order valence-electron chi connectivity index (χ0n) is 9.97. The van der Waals surface area contributed by atoms with E-state index in [1.54, 1.807) is 25.3 Å². The number of nitrogens with one attached hydrogen (secondary N) is 1. The minimum atomic E-state index is -0.393. The number of nitrogens with zero attached hydrogens (tertiary/aromatic N) is 1. The second-order valence-corrected chi connectivity index (χ2v) is 3.40. The zero-order valence-corrected chi connectivity index (χ0v) is 9.97. The average molecular weight is 248 g/mol. The lowest BCUT2D eigenvalue weighted by molar-refractivity contribution is 0.0987. The van der Waals surface area contributed by atoms with Gasteiger partial charge in [-0.2, -0.15) is 0 Å². The van der Waals surface area contributed by atoms with Crippen LogP contribution in [0.5, 0.6) is 11.5 Å². The number of benzene rings is 1. The third kappa shape index (κ3) is 2.42. The highest BCUT2D eigenvalue weighted by atomic mass is 16.5. The number of amides is 1. The van der Waals surface area contributed by atoms with Crippen LogP contribution in [-0.4, -0.2) is 25.3 Å². The Kier molecular flexibility index (Phi) is 3.47. The van der Waals surface area contributed by atoms with Gasteiger partial charge in [-0.1, -0.05) is 5.16 Å². The summed E-state index contributed by atoms with van der Waals surface area (Å²) in [5, 5.41) is 6.13. The molecule has 0 aliphatic carbocycles. The second kappa shape index (κ2) is 5.22. The zero-order chi connectivity index (χ0) is 13.0. The average Bonchev–Trinajstić information content (AvgIpc) is 2.93. The number of hydrogen-bond acceptors (Lipinski definition) is 5. The summed E-state index contributed by atoms with van der Waals surface area (Å²) in [6.07, 6.45) is 1.40. The normalized spacial score (nSPS) is 9.89. The quantitative estimate of drug-likeness (QED) is 0.895. The van der Waals surface area contributed by atoms with Crippen LogP contribution < -0.4 is 14.8 Å². The summed E-state index contributed by atoms with van der Waals surface area (Å²) in [5.41, 5.74) is 0.528. The van der Waals surface area contributed by atoms with Gasteiger partial charge in [0.1, 0.15) is 11.5 Å². The number of hydrogen-bond donors (Lipinski definition) is 1. The summed E-state index contributed by atoms with van der Waals surface area (Å²) < 4.78 is 15.0. The van der Waals surface area contributed by atoms with Crippen LogP contribution in [-0.2, 0) is 0 Å². The number of ether oxygens (including phenoxy) is 2. The van der Waals surface area contributed by atoms with Gasteiger partial charge in [0.2, 0.25) is 5.76 Å². The highest BCUT2D eigenvalue weighted by Gasteiger charge is 2.13. The molecule has 1 amide bonds. The Morgan fingerprint density at radius 2 is 2.11 bits per heavy atom. The lowest BCUT2D eigenvalue weighted by atomic mass is 10.2. The molecular formula is C12H12N2O4. The Morgan fingerprint density at radius 3 is 2.72 bits per heavy atom. The fourth-order valence-electron chi connectivity index (χ4n) is 1.42. The van der Waals surface area contributed by atoms with E-state index in [2.05, 4.69) is 10.5 Å². The molecule has 6 heteroatoms. The van der Waals surface area contributed by atoms with Gasteiger partial charge < -0.3 is 19.3 Å². The van der Waals surface area contributed by atoms with E-state index < -0.39 is 5.91 Å². The molecule has 0 unspecified atom stereocenters. The summed E-state index contributed by atoms with van der Waals surface area (Å²) in [4.78, 5) is 11.8. The van der Waals surface area contributed by atoms with Crippen molar-refractivity contribution in [1.29, 1.82) is 0 Å². The molecule has 0 bridgehead atoms. The van der Waals surface area contributed by atoms with Gasteiger partial charge in [0.25, 0.3) is 5.91 Å². The van der Waals surface area contributed by atoms with Gasteiger partial charge in [-0.3, -0.25) is 4.79 Å². The number of carbonyl (C=O) groups excluding carboxylic acids is 1. The van der Waals surface area contributed by atoms with E-state index in [4.69, 9.17) is 14.0 Å². The molecule has 1 heterocycles. The number of rotatable bonds is 4. The molecule has 0 fully saturated rings. The maximum atomic E-state index is 11.8. The van der Waals surface area contributed by atoms with Crippen molar-refractivity contribution in [2.45, 2.75) is 0 Å². The highest BCUT2D eigenvalue weighted by Crippen LogP contribution is 2.29. The maximum Gasteiger partial charge on any atom is 0.294 e. The molecule has 1 N–H and O–H groups in total. The Bertz CT molecular complexity index is 537. The van der Waals surface area contributed by atoms with Gasteiger partial charge in [-0.05, 0) is 12.1 Å². The van der Waals surface area contributed by atoms with Crippen LogP contribution in [0, 0.1) is 0 Å². The predicted molar refractivity (Wildman–Crippen MR) is 64.0 cm³/mol. The molecule has 0 aliphatic heterocycles. The molecule has 1 aromatic carbocycles. The van der Waals surface area contributed by atoms with Crippen LogP contribution in [0.25, 0.3) is 0 Å². The summed E-state index contributed by atoms with van der Waals surface area (Å²) in [6.45, 7) is 0. The van der Waals surface area contributed by atoms with Crippen LogP contribution in [0.2, 0.25) is 0 Å². The molecule has 94 valence electrons. The molecule has 1 aromatic heterocycles. The summed E-state index contributed by atoms with van der Waals surface area (Å²) in [7, 11) is 3.07. The summed E-state index contributed by atoms with van der Waals surface area (Å²) in [6, 6.07) is 6.56. The van der Waals surface area contributed by atoms with E-state index in [1.165, 1.54) is 19.4 Å². The lowest BCUT2D eigenvalue weighted by Gasteiger charge is -2.10. The first-order valence-electron chi connectivity index (χ1n) is 5.18. The Balaban J connectivity index is 2.21.